The molecule has 0 aromatic carbocycles. The minimum atomic E-state index is 0.0103. The van der Waals surface area contributed by atoms with Gasteiger partial charge in [0.25, 0.3) is 0 Å². The maximum absolute atomic E-state index is 8.66. The summed E-state index contributed by atoms with van der Waals surface area (Å²) in [5.74, 6) is 0. The van der Waals surface area contributed by atoms with Gasteiger partial charge in [-0.25, -0.2) is 0 Å². The molecule has 0 saturated carbocycles. The second-order valence-corrected chi connectivity index (χ2v) is 4.00. The number of pyridine rings is 1. The minimum absolute atomic E-state index is 0.0103. The third-order valence-corrected chi connectivity index (χ3v) is 2.21. The topological polar surface area (TPSA) is 45.1 Å². The van der Waals surface area contributed by atoms with Gasteiger partial charge < -0.3 is 10.4 Å². The monoisotopic (exact) mass is 194 g/mol. The first-order valence-electron chi connectivity index (χ1n) is 4.90. The molecule has 1 rings (SSSR count). The Morgan fingerprint density at radius 1 is 1.43 bits per heavy atom. The molecule has 2 N–H and O–H groups in total. The molecule has 1 aromatic heterocycles. The fraction of sp³-hybridized carbons (Fsp3) is 0.545. The molecule has 0 aliphatic carbocycles. The van der Waals surface area contributed by atoms with Gasteiger partial charge in [-0.3, -0.25) is 4.98 Å². The summed E-state index contributed by atoms with van der Waals surface area (Å²) in [6, 6.07) is 5.94. The molecule has 0 atom stereocenters. The molecule has 78 valence electrons. The van der Waals surface area contributed by atoms with E-state index in [1.165, 1.54) is 0 Å². The Hall–Kier alpha value is -0.930. The molecule has 0 aliphatic heterocycles. The average molecular weight is 194 g/mol. The standard InChI is InChI=1S/C11H18N2O/c1-11(2,9-12-7-8-14)10-5-3-4-6-13-10/h3-6,12,14H,7-9H2,1-2H3. The molecule has 0 radical (unpaired) electrons. The van der Waals surface area contributed by atoms with Crippen molar-refractivity contribution in [1.82, 2.24) is 10.3 Å². The lowest BCUT2D eigenvalue weighted by Crippen LogP contribution is -2.35. The normalized spacial score (nSPS) is 11.6. The first-order chi connectivity index (χ1) is 6.67. The van der Waals surface area contributed by atoms with Gasteiger partial charge in [0.2, 0.25) is 0 Å². The van der Waals surface area contributed by atoms with Crippen molar-refractivity contribution in [2.24, 2.45) is 0 Å². The van der Waals surface area contributed by atoms with Gasteiger partial charge in [0.15, 0.2) is 0 Å². The number of hydrogen-bond donors (Lipinski definition) is 2. The summed E-state index contributed by atoms with van der Waals surface area (Å²) < 4.78 is 0. The van der Waals surface area contributed by atoms with E-state index in [1.807, 2.05) is 24.4 Å². The Morgan fingerprint density at radius 3 is 2.79 bits per heavy atom. The quantitative estimate of drug-likeness (QED) is 0.686. The van der Waals surface area contributed by atoms with Gasteiger partial charge in [-0.2, -0.15) is 0 Å². The van der Waals surface area contributed by atoms with Gasteiger partial charge >= 0.3 is 0 Å². The molecule has 0 fully saturated rings. The summed E-state index contributed by atoms with van der Waals surface area (Å²) in [5, 5.41) is 11.8. The highest BCUT2D eigenvalue weighted by Crippen LogP contribution is 2.18. The molecule has 0 bridgehead atoms. The lowest BCUT2D eigenvalue weighted by molar-refractivity contribution is 0.286. The van der Waals surface area contributed by atoms with Crippen LogP contribution in [-0.2, 0) is 5.41 Å². The van der Waals surface area contributed by atoms with Crippen LogP contribution >= 0.6 is 0 Å². The maximum Gasteiger partial charge on any atom is 0.0555 e. The van der Waals surface area contributed by atoms with E-state index in [1.54, 1.807) is 0 Å². The SMILES string of the molecule is CC(C)(CNCCO)c1ccccn1. The highest BCUT2D eigenvalue weighted by atomic mass is 16.3. The zero-order valence-electron chi connectivity index (χ0n) is 8.83. The third kappa shape index (κ3) is 3.09. The van der Waals surface area contributed by atoms with E-state index in [9.17, 15) is 0 Å². The van der Waals surface area contributed by atoms with Crippen molar-refractivity contribution >= 4 is 0 Å². The van der Waals surface area contributed by atoms with E-state index in [4.69, 9.17) is 5.11 Å². The predicted molar refractivity (Wildman–Crippen MR) is 57.2 cm³/mol. The average Bonchev–Trinajstić information content (AvgIpc) is 2.19. The Labute approximate surface area is 85.2 Å². The summed E-state index contributed by atoms with van der Waals surface area (Å²) in [6.45, 7) is 5.92. The van der Waals surface area contributed by atoms with Gasteiger partial charge in [-0.1, -0.05) is 19.9 Å². The van der Waals surface area contributed by atoms with Crippen molar-refractivity contribution in [3.05, 3.63) is 30.1 Å². The van der Waals surface area contributed by atoms with Crippen LogP contribution in [0.4, 0.5) is 0 Å². The molecule has 3 heteroatoms. The molecule has 1 aromatic rings. The molecule has 0 aliphatic rings. The van der Waals surface area contributed by atoms with Crippen LogP contribution in [-0.4, -0.2) is 29.8 Å². The minimum Gasteiger partial charge on any atom is -0.395 e. The highest BCUT2D eigenvalue weighted by molar-refractivity contribution is 5.14. The Bertz CT molecular complexity index is 259. The summed E-state index contributed by atoms with van der Waals surface area (Å²) in [4.78, 5) is 4.33. The molecule has 0 amide bonds. The van der Waals surface area contributed by atoms with Crippen LogP contribution < -0.4 is 5.32 Å². The van der Waals surface area contributed by atoms with Crippen LogP contribution in [0.5, 0.6) is 0 Å². The van der Waals surface area contributed by atoms with Crippen molar-refractivity contribution in [2.45, 2.75) is 19.3 Å². The number of nitrogens with one attached hydrogen (secondary N) is 1. The van der Waals surface area contributed by atoms with Gasteiger partial charge in [0, 0.05) is 30.4 Å². The van der Waals surface area contributed by atoms with Crippen molar-refractivity contribution in [3.8, 4) is 0 Å². The van der Waals surface area contributed by atoms with Crippen LogP contribution in [0.15, 0.2) is 24.4 Å². The number of aliphatic hydroxyl groups excluding tert-OH is 1. The largest absolute Gasteiger partial charge is 0.395 e. The molecule has 14 heavy (non-hydrogen) atoms. The first kappa shape index (κ1) is 11.1. The third-order valence-electron chi connectivity index (χ3n) is 2.21. The second kappa shape index (κ2) is 5.08. The first-order valence-corrected chi connectivity index (χ1v) is 4.90. The molecular formula is C11H18N2O. The van der Waals surface area contributed by atoms with Crippen molar-refractivity contribution in [3.63, 3.8) is 0 Å². The summed E-state index contributed by atoms with van der Waals surface area (Å²) >= 11 is 0. The van der Waals surface area contributed by atoms with Crippen molar-refractivity contribution < 1.29 is 5.11 Å². The van der Waals surface area contributed by atoms with Crippen molar-refractivity contribution in [1.29, 1.82) is 0 Å². The van der Waals surface area contributed by atoms with E-state index in [0.29, 0.717) is 6.54 Å². The number of nitrogens with zero attached hydrogens (tertiary/aromatic N) is 1. The molecule has 0 spiro atoms. The van der Waals surface area contributed by atoms with Gasteiger partial charge in [0.05, 0.1) is 6.61 Å². The van der Waals surface area contributed by atoms with Crippen LogP contribution in [0.25, 0.3) is 0 Å². The smallest absolute Gasteiger partial charge is 0.0555 e. The molecule has 1 heterocycles. The van der Waals surface area contributed by atoms with Crippen LogP contribution in [0, 0.1) is 0 Å². The fourth-order valence-corrected chi connectivity index (χ4v) is 1.33. The van der Waals surface area contributed by atoms with E-state index in [-0.39, 0.29) is 12.0 Å². The predicted octanol–water partition coefficient (Wildman–Crippen LogP) is 0.941. The van der Waals surface area contributed by atoms with Gasteiger partial charge in [-0.15, -0.1) is 0 Å². The summed E-state index contributed by atoms with van der Waals surface area (Å²) in [5.41, 5.74) is 1.08. The van der Waals surface area contributed by atoms with Gasteiger partial charge in [-0.05, 0) is 12.1 Å². The molecule has 0 saturated heterocycles. The highest BCUT2D eigenvalue weighted by Gasteiger charge is 2.20. The van der Waals surface area contributed by atoms with Crippen LogP contribution in [0.3, 0.4) is 0 Å². The van der Waals surface area contributed by atoms with Gasteiger partial charge in [0.1, 0.15) is 0 Å². The molecule has 3 nitrogen and oxygen atoms in total. The number of aliphatic hydroxyl groups is 1. The fourth-order valence-electron chi connectivity index (χ4n) is 1.33. The summed E-state index contributed by atoms with van der Waals surface area (Å²) in [6.07, 6.45) is 1.81. The Kier molecular flexibility index (Phi) is 4.04. The number of rotatable bonds is 5. The molecular weight excluding hydrogens is 176 g/mol. The van der Waals surface area contributed by atoms with E-state index in [2.05, 4.69) is 24.1 Å². The van der Waals surface area contributed by atoms with Crippen molar-refractivity contribution in [2.75, 3.05) is 19.7 Å². The zero-order valence-corrected chi connectivity index (χ0v) is 8.83. The Morgan fingerprint density at radius 2 is 2.21 bits per heavy atom. The lowest BCUT2D eigenvalue weighted by Gasteiger charge is -2.24. The van der Waals surface area contributed by atoms with Crippen LogP contribution in [0.1, 0.15) is 19.5 Å². The Balaban J connectivity index is 2.56. The van der Waals surface area contributed by atoms with E-state index < -0.39 is 0 Å². The molecule has 0 unspecified atom stereocenters. The summed E-state index contributed by atoms with van der Waals surface area (Å²) in [7, 11) is 0. The maximum atomic E-state index is 8.66. The number of hydrogen-bond acceptors (Lipinski definition) is 3. The van der Waals surface area contributed by atoms with E-state index in [0.717, 1.165) is 12.2 Å². The number of aromatic nitrogens is 1. The van der Waals surface area contributed by atoms with E-state index >= 15 is 0 Å². The zero-order chi connectivity index (χ0) is 10.4. The second-order valence-electron chi connectivity index (χ2n) is 4.00. The van der Waals surface area contributed by atoms with Crippen LogP contribution in [0.2, 0.25) is 0 Å². The lowest BCUT2D eigenvalue weighted by atomic mass is 9.89.